The summed E-state index contributed by atoms with van der Waals surface area (Å²) in [5, 5.41) is 26.1. The van der Waals surface area contributed by atoms with Crippen LogP contribution in [0.4, 0.5) is 4.39 Å². The summed E-state index contributed by atoms with van der Waals surface area (Å²) in [6.45, 7) is 4.58. The molecule has 2 aromatic carbocycles. The third kappa shape index (κ3) is 4.14. The lowest BCUT2D eigenvalue weighted by molar-refractivity contribution is 0.0999. The van der Waals surface area contributed by atoms with Crippen LogP contribution in [0.15, 0.2) is 35.3 Å². The van der Waals surface area contributed by atoms with Gasteiger partial charge in [-0.25, -0.2) is 4.39 Å². The second kappa shape index (κ2) is 7.80. The van der Waals surface area contributed by atoms with Gasteiger partial charge in [0, 0.05) is 23.2 Å². The number of halogens is 1. The largest absolute Gasteiger partial charge is 0.507 e. The van der Waals surface area contributed by atoms with Crippen molar-refractivity contribution in [1.82, 2.24) is 10.6 Å². The SMILES string of the molecule is COc1ccc(F)cc1-c1c(C#N)ccc(O)c1C(=O)/N=C1\NCCC(C)(C)N1. The van der Waals surface area contributed by atoms with Crippen molar-refractivity contribution in [2.75, 3.05) is 13.7 Å². The number of carbonyl (C=O) groups excluding carboxylic acids is 1. The lowest BCUT2D eigenvalue weighted by atomic mass is 9.92. The summed E-state index contributed by atoms with van der Waals surface area (Å²) in [4.78, 5) is 17.1. The molecule has 0 spiro atoms. The summed E-state index contributed by atoms with van der Waals surface area (Å²) < 4.78 is 19.2. The van der Waals surface area contributed by atoms with E-state index in [9.17, 15) is 19.6 Å². The van der Waals surface area contributed by atoms with Gasteiger partial charge in [0.05, 0.1) is 24.3 Å². The maximum Gasteiger partial charge on any atom is 0.284 e. The third-order valence-corrected chi connectivity index (χ3v) is 4.66. The van der Waals surface area contributed by atoms with Crippen LogP contribution in [-0.2, 0) is 0 Å². The molecule has 8 heteroatoms. The minimum absolute atomic E-state index is 0.0632. The Hall–Kier alpha value is -3.60. The highest BCUT2D eigenvalue weighted by atomic mass is 19.1. The van der Waals surface area contributed by atoms with Gasteiger partial charge in [0.2, 0.25) is 0 Å². The van der Waals surface area contributed by atoms with Gasteiger partial charge in [-0.15, -0.1) is 0 Å². The molecule has 0 saturated carbocycles. The Labute approximate surface area is 167 Å². The first kappa shape index (κ1) is 20.1. The summed E-state index contributed by atoms with van der Waals surface area (Å²) in [7, 11) is 1.39. The molecule has 0 radical (unpaired) electrons. The number of hydrogen-bond donors (Lipinski definition) is 3. The molecule has 2 aromatic rings. The van der Waals surface area contributed by atoms with E-state index in [-0.39, 0.29) is 45.3 Å². The van der Waals surface area contributed by atoms with E-state index in [0.29, 0.717) is 6.54 Å². The highest BCUT2D eigenvalue weighted by molar-refractivity contribution is 6.10. The van der Waals surface area contributed by atoms with E-state index in [1.807, 2.05) is 19.9 Å². The molecule has 0 aliphatic carbocycles. The lowest BCUT2D eigenvalue weighted by Crippen LogP contribution is -2.56. The second-order valence-corrected chi connectivity index (χ2v) is 7.29. The van der Waals surface area contributed by atoms with Crippen molar-refractivity contribution in [2.24, 2.45) is 4.99 Å². The number of methoxy groups -OCH3 is 1. The normalized spacial score (nSPS) is 16.4. The summed E-state index contributed by atoms with van der Waals surface area (Å²) in [6, 6.07) is 8.33. The fraction of sp³-hybridized carbons (Fsp3) is 0.286. The third-order valence-electron chi connectivity index (χ3n) is 4.66. The number of phenolic OH excluding ortho intramolecular Hbond substituents is 1. The number of aliphatic imine (C=N–C) groups is 1. The molecule has 0 unspecified atom stereocenters. The van der Waals surface area contributed by atoms with Gasteiger partial charge >= 0.3 is 0 Å². The molecule has 1 aliphatic heterocycles. The van der Waals surface area contributed by atoms with Crippen LogP contribution >= 0.6 is 0 Å². The van der Waals surface area contributed by atoms with E-state index < -0.39 is 11.7 Å². The fourth-order valence-electron chi connectivity index (χ4n) is 3.20. The van der Waals surface area contributed by atoms with E-state index in [4.69, 9.17) is 4.74 Å². The number of phenols is 1. The monoisotopic (exact) mass is 396 g/mol. The molecule has 0 atom stereocenters. The molecule has 3 rings (SSSR count). The first-order valence-corrected chi connectivity index (χ1v) is 9.01. The molecule has 3 N–H and O–H groups in total. The average molecular weight is 396 g/mol. The topological polar surface area (TPSA) is 107 Å². The van der Waals surface area contributed by atoms with Gasteiger partial charge in [-0.3, -0.25) is 4.79 Å². The quantitative estimate of drug-likeness (QED) is 0.736. The van der Waals surface area contributed by atoms with Gasteiger partial charge in [0.25, 0.3) is 5.91 Å². The van der Waals surface area contributed by atoms with Gasteiger partial charge in [-0.2, -0.15) is 10.3 Å². The van der Waals surface area contributed by atoms with Crippen molar-refractivity contribution in [3.05, 3.63) is 47.3 Å². The molecule has 150 valence electrons. The number of rotatable bonds is 3. The van der Waals surface area contributed by atoms with Crippen LogP contribution in [0.5, 0.6) is 11.5 Å². The van der Waals surface area contributed by atoms with Crippen LogP contribution in [0.2, 0.25) is 0 Å². The standard InChI is InChI=1S/C21H21FN4O3/c1-21(2)8-9-24-20(26-21)25-19(28)18-15(27)6-4-12(11-23)17(18)14-10-13(22)5-7-16(14)29-3/h4-7,10,27H,8-9H2,1-3H3,(H2,24,25,26,28). The predicted octanol–water partition coefficient (Wildman–Crippen LogP) is 2.94. The van der Waals surface area contributed by atoms with Crippen LogP contribution < -0.4 is 15.4 Å². The molecule has 7 nitrogen and oxygen atoms in total. The highest BCUT2D eigenvalue weighted by Crippen LogP contribution is 2.39. The minimum Gasteiger partial charge on any atom is -0.507 e. The zero-order valence-electron chi connectivity index (χ0n) is 16.3. The van der Waals surface area contributed by atoms with Gasteiger partial charge in [-0.1, -0.05) is 0 Å². The molecule has 1 aliphatic rings. The van der Waals surface area contributed by atoms with E-state index >= 15 is 0 Å². The average Bonchev–Trinajstić information content (AvgIpc) is 2.66. The zero-order valence-corrected chi connectivity index (χ0v) is 16.3. The number of nitrogens with one attached hydrogen (secondary N) is 2. The zero-order chi connectivity index (χ0) is 21.2. The highest BCUT2D eigenvalue weighted by Gasteiger charge is 2.27. The number of hydrogen-bond acceptors (Lipinski definition) is 4. The number of ether oxygens (including phenoxy) is 1. The molecule has 29 heavy (non-hydrogen) atoms. The summed E-state index contributed by atoms with van der Waals surface area (Å²) in [5.74, 6) is -1.19. The second-order valence-electron chi connectivity index (χ2n) is 7.29. The van der Waals surface area contributed by atoms with Crippen molar-refractivity contribution in [3.8, 4) is 28.7 Å². The van der Waals surface area contributed by atoms with Gasteiger partial charge in [0.15, 0.2) is 5.96 Å². The number of benzene rings is 2. The van der Waals surface area contributed by atoms with Crippen LogP contribution in [-0.4, -0.2) is 36.2 Å². The fourth-order valence-corrected chi connectivity index (χ4v) is 3.20. The summed E-state index contributed by atoms with van der Waals surface area (Å²) >= 11 is 0. The summed E-state index contributed by atoms with van der Waals surface area (Å²) in [5.41, 5.74) is -0.135. The predicted molar refractivity (Wildman–Crippen MR) is 106 cm³/mol. The number of aromatic hydroxyl groups is 1. The number of nitriles is 1. The van der Waals surface area contributed by atoms with Crippen LogP contribution in [0, 0.1) is 17.1 Å². The Bertz CT molecular complexity index is 1040. The Kier molecular flexibility index (Phi) is 5.41. The van der Waals surface area contributed by atoms with E-state index in [1.165, 1.54) is 31.4 Å². The van der Waals surface area contributed by atoms with Gasteiger partial charge in [-0.05, 0) is 50.6 Å². The molecular formula is C21H21FN4O3. The Balaban J connectivity index is 2.19. The number of nitrogens with zero attached hydrogens (tertiary/aromatic N) is 2. The van der Waals surface area contributed by atoms with Gasteiger partial charge < -0.3 is 20.5 Å². The molecule has 1 fully saturated rings. The molecule has 1 heterocycles. The molecule has 0 bridgehead atoms. The molecule has 0 aromatic heterocycles. The maximum absolute atomic E-state index is 14.0. The number of guanidine groups is 1. The first-order valence-electron chi connectivity index (χ1n) is 9.01. The van der Waals surface area contributed by atoms with Crippen molar-refractivity contribution >= 4 is 11.9 Å². The first-order chi connectivity index (χ1) is 13.8. The van der Waals surface area contributed by atoms with Crippen LogP contribution in [0.1, 0.15) is 36.2 Å². The van der Waals surface area contributed by atoms with E-state index in [2.05, 4.69) is 15.6 Å². The van der Waals surface area contributed by atoms with Crippen molar-refractivity contribution in [1.29, 1.82) is 5.26 Å². The molecule has 1 saturated heterocycles. The van der Waals surface area contributed by atoms with Crippen LogP contribution in [0.3, 0.4) is 0 Å². The Morgan fingerprint density at radius 3 is 2.76 bits per heavy atom. The smallest absolute Gasteiger partial charge is 0.284 e. The van der Waals surface area contributed by atoms with Crippen LogP contribution in [0.25, 0.3) is 11.1 Å². The molecule has 1 amide bonds. The maximum atomic E-state index is 14.0. The number of amides is 1. The Morgan fingerprint density at radius 1 is 1.34 bits per heavy atom. The summed E-state index contributed by atoms with van der Waals surface area (Å²) in [6.07, 6.45) is 0.834. The number of carbonyl (C=O) groups is 1. The van der Waals surface area contributed by atoms with Crippen molar-refractivity contribution < 1.29 is 19.0 Å². The van der Waals surface area contributed by atoms with E-state index in [1.54, 1.807) is 0 Å². The van der Waals surface area contributed by atoms with Crippen molar-refractivity contribution in [3.63, 3.8) is 0 Å². The molecular weight excluding hydrogens is 375 g/mol. The lowest BCUT2D eigenvalue weighted by Gasteiger charge is -2.33. The minimum atomic E-state index is -0.770. The Morgan fingerprint density at radius 2 is 2.10 bits per heavy atom. The van der Waals surface area contributed by atoms with E-state index in [0.717, 1.165) is 12.5 Å². The van der Waals surface area contributed by atoms with Gasteiger partial charge in [0.1, 0.15) is 17.3 Å². The van der Waals surface area contributed by atoms with Crippen molar-refractivity contribution in [2.45, 2.75) is 25.8 Å².